The van der Waals surface area contributed by atoms with Crippen LogP contribution in [-0.4, -0.2) is 18.7 Å². The van der Waals surface area contributed by atoms with Crippen LogP contribution in [0.15, 0.2) is 28.0 Å². The van der Waals surface area contributed by atoms with E-state index in [1.54, 1.807) is 19.4 Å². The van der Waals surface area contributed by atoms with E-state index in [2.05, 4.69) is 4.98 Å². The molecule has 3 rings (SSSR count). The number of nitrogens with zero attached hydrogens (tertiary/aromatic N) is 4. The molecule has 0 unspecified atom stereocenters. The van der Waals surface area contributed by atoms with Gasteiger partial charge in [-0.1, -0.05) is 0 Å². The van der Waals surface area contributed by atoms with Crippen LogP contribution in [0.2, 0.25) is 0 Å². The predicted octanol–water partition coefficient (Wildman–Crippen LogP) is 0.124. The second-order valence-corrected chi connectivity index (χ2v) is 4.39. The van der Waals surface area contributed by atoms with Gasteiger partial charge in [-0.15, -0.1) is 0 Å². The third-order valence-electron chi connectivity index (χ3n) is 3.33. The van der Waals surface area contributed by atoms with Crippen LogP contribution in [0, 0.1) is 0 Å². The van der Waals surface area contributed by atoms with Gasteiger partial charge in [-0.2, -0.15) is 0 Å². The van der Waals surface area contributed by atoms with Crippen molar-refractivity contribution in [1.82, 2.24) is 18.7 Å². The summed E-state index contributed by atoms with van der Waals surface area (Å²) in [6, 6.07) is 3.64. The Bertz CT molecular complexity index is 898. The Balaban J connectivity index is 2.76. The molecule has 0 aliphatic heterocycles. The minimum Gasteiger partial charge on any atom is -0.334 e. The highest BCUT2D eigenvalue weighted by Crippen LogP contribution is 2.19. The third-order valence-corrected chi connectivity index (χ3v) is 3.33. The second-order valence-electron chi connectivity index (χ2n) is 4.39. The van der Waals surface area contributed by atoms with Crippen molar-refractivity contribution in [3.05, 3.63) is 39.3 Å². The molecular formula is C12H12N4O2. The van der Waals surface area contributed by atoms with Crippen LogP contribution in [0.1, 0.15) is 0 Å². The van der Waals surface area contributed by atoms with Gasteiger partial charge in [0.15, 0.2) is 0 Å². The molecule has 6 nitrogen and oxygen atoms in total. The van der Waals surface area contributed by atoms with Gasteiger partial charge in [-0.05, 0) is 12.1 Å². The van der Waals surface area contributed by atoms with Gasteiger partial charge < -0.3 is 4.57 Å². The van der Waals surface area contributed by atoms with Crippen molar-refractivity contribution < 1.29 is 0 Å². The lowest BCUT2D eigenvalue weighted by molar-refractivity contribution is 0.714. The molecule has 0 spiro atoms. The van der Waals surface area contributed by atoms with Crippen LogP contribution in [0.5, 0.6) is 0 Å². The molecule has 0 atom stereocenters. The summed E-state index contributed by atoms with van der Waals surface area (Å²) in [6.07, 6.45) is 1.66. The molecule has 0 saturated heterocycles. The molecule has 18 heavy (non-hydrogen) atoms. The van der Waals surface area contributed by atoms with Crippen molar-refractivity contribution in [2.45, 2.75) is 0 Å². The van der Waals surface area contributed by atoms with E-state index in [4.69, 9.17) is 0 Å². The summed E-state index contributed by atoms with van der Waals surface area (Å²) in [5.41, 5.74) is 1.47. The fourth-order valence-electron chi connectivity index (χ4n) is 2.26. The first-order valence-corrected chi connectivity index (χ1v) is 5.52. The van der Waals surface area contributed by atoms with Crippen LogP contribution in [0.25, 0.3) is 21.9 Å². The summed E-state index contributed by atoms with van der Waals surface area (Å²) in [5.74, 6) is 0. The monoisotopic (exact) mass is 244 g/mol. The molecule has 0 amide bonds. The van der Waals surface area contributed by atoms with Crippen LogP contribution in [-0.2, 0) is 21.1 Å². The smallest absolute Gasteiger partial charge is 0.330 e. The minimum atomic E-state index is -0.331. The second kappa shape index (κ2) is 3.32. The Kier molecular flexibility index (Phi) is 1.98. The molecule has 0 fully saturated rings. The molecule has 0 bridgehead atoms. The molecular weight excluding hydrogens is 232 g/mol. The molecule has 1 aromatic carbocycles. The molecule has 0 aliphatic carbocycles. The van der Waals surface area contributed by atoms with E-state index in [1.165, 1.54) is 11.6 Å². The van der Waals surface area contributed by atoms with Gasteiger partial charge in [0, 0.05) is 21.1 Å². The van der Waals surface area contributed by atoms with E-state index in [0.29, 0.717) is 16.4 Å². The lowest BCUT2D eigenvalue weighted by atomic mass is 10.2. The number of hydrogen-bond acceptors (Lipinski definition) is 3. The van der Waals surface area contributed by atoms with E-state index in [1.807, 2.05) is 17.7 Å². The maximum atomic E-state index is 12.2. The topological polar surface area (TPSA) is 61.8 Å². The van der Waals surface area contributed by atoms with E-state index < -0.39 is 0 Å². The Labute approximate surface area is 102 Å². The number of imidazole rings is 1. The molecule has 0 N–H and O–H groups in total. The number of fused-ring (bicyclic) bond motifs is 3. The molecule has 0 radical (unpaired) electrons. The van der Waals surface area contributed by atoms with Gasteiger partial charge in [0.25, 0.3) is 5.56 Å². The highest BCUT2D eigenvalue weighted by atomic mass is 16.2. The average molecular weight is 244 g/mol. The van der Waals surface area contributed by atoms with Gasteiger partial charge in [-0.3, -0.25) is 13.9 Å². The SMILES string of the molecule is Cn1c(=O)c2c3ncn(C)c3ccc2n(C)c1=O. The molecule has 2 aromatic heterocycles. The summed E-state index contributed by atoms with van der Waals surface area (Å²) in [4.78, 5) is 28.3. The fourth-order valence-corrected chi connectivity index (χ4v) is 2.26. The van der Waals surface area contributed by atoms with Crippen LogP contribution in [0.4, 0.5) is 0 Å². The van der Waals surface area contributed by atoms with Crippen LogP contribution < -0.4 is 11.2 Å². The normalized spacial score (nSPS) is 11.5. The number of rotatable bonds is 0. The van der Waals surface area contributed by atoms with Gasteiger partial charge in [-0.25, -0.2) is 9.78 Å². The zero-order valence-electron chi connectivity index (χ0n) is 10.3. The van der Waals surface area contributed by atoms with Gasteiger partial charge in [0.2, 0.25) is 0 Å². The van der Waals surface area contributed by atoms with Crippen LogP contribution >= 0.6 is 0 Å². The van der Waals surface area contributed by atoms with Gasteiger partial charge >= 0.3 is 5.69 Å². The lowest BCUT2D eigenvalue weighted by Crippen LogP contribution is -2.37. The van der Waals surface area contributed by atoms with Gasteiger partial charge in [0.05, 0.1) is 22.7 Å². The molecule has 92 valence electrons. The van der Waals surface area contributed by atoms with Crippen LogP contribution in [0.3, 0.4) is 0 Å². The third kappa shape index (κ3) is 1.14. The van der Waals surface area contributed by atoms with Crippen molar-refractivity contribution in [1.29, 1.82) is 0 Å². The highest BCUT2D eigenvalue weighted by molar-refractivity contribution is 6.02. The van der Waals surface area contributed by atoms with Gasteiger partial charge in [0.1, 0.15) is 5.52 Å². The molecule has 3 aromatic rings. The van der Waals surface area contributed by atoms with Crippen molar-refractivity contribution in [2.24, 2.45) is 21.1 Å². The van der Waals surface area contributed by atoms with E-state index in [9.17, 15) is 9.59 Å². The maximum Gasteiger partial charge on any atom is 0.330 e. The maximum absolute atomic E-state index is 12.2. The highest BCUT2D eigenvalue weighted by Gasteiger charge is 2.13. The average Bonchev–Trinajstić information content (AvgIpc) is 2.75. The Hall–Kier alpha value is -2.37. The largest absolute Gasteiger partial charge is 0.334 e. The predicted molar refractivity (Wildman–Crippen MR) is 68.7 cm³/mol. The summed E-state index contributed by atoms with van der Waals surface area (Å²) >= 11 is 0. The molecule has 2 heterocycles. The van der Waals surface area contributed by atoms with E-state index in [0.717, 1.165) is 10.1 Å². The van der Waals surface area contributed by atoms with Crippen molar-refractivity contribution in [3.8, 4) is 0 Å². The Morgan fingerprint density at radius 1 is 1.00 bits per heavy atom. The number of aromatic nitrogens is 4. The summed E-state index contributed by atoms with van der Waals surface area (Å²) in [7, 11) is 5.00. The molecule has 6 heteroatoms. The molecule has 0 saturated carbocycles. The number of aryl methyl sites for hydroxylation is 2. The van der Waals surface area contributed by atoms with Crippen molar-refractivity contribution in [3.63, 3.8) is 0 Å². The molecule has 0 aliphatic rings. The minimum absolute atomic E-state index is 0.308. The van der Waals surface area contributed by atoms with E-state index in [-0.39, 0.29) is 11.2 Å². The summed E-state index contributed by atoms with van der Waals surface area (Å²) in [5, 5.41) is 0.484. The Morgan fingerprint density at radius 3 is 2.39 bits per heavy atom. The zero-order valence-corrected chi connectivity index (χ0v) is 10.3. The first-order chi connectivity index (χ1) is 8.52. The summed E-state index contributed by atoms with van der Waals surface area (Å²) in [6.45, 7) is 0. The van der Waals surface area contributed by atoms with E-state index >= 15 is 0 Å². The standard InChI is InChI=1S/C12H12N4O2/c1-14-6-13-10-8(14)5-4-7-9(10)11(17)16(3)12(18)15(7)2/h4-6H,1-3H3. The fraction of sp³-hybridized carbons (Fsp3) is 0.250. The zero-order chi connectivity index (χ0) is 13.0. The number of benzene rings is 1. The summed E-state index contributed by atoms with van der Waals surface area (Å²) < 4.78 is 4.42. The van der Waals surface area contributed by atoms with Crippen molar-refractivity contribution >= 4 is 21.9 Å². The first-order valence-electron chi connectivity index (χ1n) is 5.52. The quantitative estimate of drug-likeness (QED) is 0.564. The Morgan fingerprint density at radius 2 is 1.67 bits per heavy atom. The number of hydrogen-bond donors (Lipinski definition) is 0. The van der Waals surface area contributed by atoms with Crippen molar-refractivity contribution in [2.75, 3.05) is 0 Å². The lowest BCUT2D eigenvalue weighted by Gasteiger charge is -2.07. The first kappa shape index (κ1) is 10.8.